The number of carbonyl (C=O) groups excluding carboxylic acids is 1. The van der Waals surface area contributed by atoms with Crippen molar-refractivity contribution in [3.63, 3.8) is 0 Å². The molecule has 2 aromatic carbocycles. The minimum atomic E-state index is -0.109. The summed E-state index contributed by atoms with van der Waals surface area (Å²) in [5.41, 5.74) is 5.05. The zero-order chi connectivity index (χ0) is 23.1. The predicted octanol–water partition coefficient (Wildman–Crippen LogP) is 4.60. The average Bonchev–Trinajstić information content (AvgIpc) is 2.81. The fraction of sp³-hybridized carbons (Fsp3) is 0.500. The molecule has 2 N–H and O–H groups in total. The van der Waals surface area contributed by atoms with E-state index in [-0.39, 0.29) is 18.1 Å². The smallest absolute Gasteiger partial charge is 0.315 e. The van der Waals surface area contributed by atoms with Crippen LogP contribution in [0.4, 0.5) is 4.79 Å². The Morgan fingerprint density at radius 3 is 2.53 bits per heavy atom. The predicted molar refractivity (Wildman–Crippen MR) is 128 cm³/mol. The van der Waals surface area contributed by atoms with Gasteiger partial charge in [0.05, 0.1) is 26.3 Å². The topological polar surface area (TPSA) is 62.8 Å². The summed E-state index contributed by atoms with van der Waals surface area (Å²) in [6.07, 6.45) is 2.66. The molecule has 1 aliphatic heterocycles. The second kappa shape index (κ2) is 11.2. The number of carbonyl (C=O) groups is 1. The van der Waals surface area contributed by atoms with Crippen LogP contribution >= 0.6 is 0 Å². The molecule has 0 aromatic heterocycles. The van der Waals surface area contributed by atoms with Gasteiger partial charge in [-0.15, -0.1) is 0 Å². The summed E-state index contributed by atoms with van der Waals surface area (Å²) >= 11 is 0. The van der Waals surface area contributed by atoms with Crippen molar-refractivity contribution in [1.29, 1.82) is 0 Å². The van der Waals surface area contributed by atoms with Crippen molar-refractivity contribution in [2.45, 2.75) is 58.7 Å². The van der Waals surface area contributed by atoms with Gasteiger partial charge in [0.15, 0.2) is 11.5 Å². The first-order valence-corrected chi connectivity index (χ1v) is 11.6. The monoisotopic (exact) mass is 439 g/mol. The quantitative estimate of drug-likeness (QED) is 0.599. The summed E-state index contributed by atoms with van der Waals surface area (Å²) < 4.78 is 11.2. The molecule has 0 fully saturated rings. The van der Waals surface area contributed by atoms with E-state index in [1.807, 2.05) is 0 Å². The Kier molecular flexibility index (Phi) is 8.39. The minimum absolute atomic E-state index is 0.0342. The maximum absolute atomic E-state index is 12.6. The molecule has 32 heavy (non-hydrogen) atoms. The highest BCUT2D eigenvalue weighted by molar-refractivity contribution is 5.74. The van der Waals surface area contributed by atoms with E-state index in [9.17, 15) is 4.79 Å². The summed E-state index contributed by atoms with van der Waals surface area (Å²) in [4.78, 5) is 15.1. The number of benzene rings is 2. The standard InChI is InChI=1S/C26H37N3O3/c1-6-13-27-26(30)28-22(7-2)25-21-16-24(32-5)23(31-4)15-19(21)12-14-29(25)17-20-11-9-8-10-18(20)3/h8-11,15-16,22,25H,6-7,12-14,17H2,1-5H3,(H2,27,28,30). The van der Waals surface area contributed by atoms with Crippen molar-refractivity contribution in [1.82, 2.24) is 15.5 Å². The van der Waals surface area contributed by atoms with Crippen LogP contribution in [0, 0.1) is 6.92 Å². The van der Waals surface area contributed by atoms with E-state index in [0.29, 0.717) is 6.54 Å². The second-order valence-electron chi connectivity index (χ2n) is 8.41. The largest absolute Gasteiger partial charge is 0.493 e. The number of nitrogens with zero attached hydrogens (tertiary/aromatic N) is 1. The highest BCUT2D eigenvalue weighted by Crippen LogP contribution is 2.40. The molecule has 0 bridgehead atoms. The third kappa shape index (κ3) is 5.36. The first-order chi connectivity index (χ1) is 15.5. The SMILES string of the molecule is CCCNC(=O)NC(CC)C1c2cc(OC)c(OC)cc2CCN1Cc1ccccc1C. The Balaban J connectivity index is 2.00. The number of urea groups is 1. The van der Waals surface area contributed by atoms with Gasteiger partial charge in [0, 0.05) is 19.6 Å². The van der Waals surface area contributed by atoms with Gasteiger partial charge >= 0.3 is 6.03 Å². The van der Waals surface area contributed by atoms with E-state index in [0.717, 1.165) is 43.9 Å². The van der Waals surface area contributed by atoms with Gasteiger partial charge in [0.1, 0.15) is 0 Å². The number of fused-ring (bicyclic) bond motifs is 1. The lowest BCUT2D eigenvalue weighted by molar-refractivity contribution is 0.135. The van der Waals surface area contributed by atoms with Gasteiger partial charge < -0.3 is 20.1 Å². The average molecular weight is 440 g/mol. The van der Waals surface area contributed by atoms with E-state index in [4.69, 9.17) is 9.47 Å². The van der Waals surface area contributed by atoms with Gasteiger partial charge in [0.25, 0.3) is 0 Å². The highest BCUT2D eigenvalue weighted by atomic mass is 16.5. The summed E-state index contributed by atoms with van der Waals surface area (Å²) in [6, 6.07) is 12.6. The molecule has 6 nitrogen and oxygen atoms in total. The Hall–Kier alpha value is -2.73. The van der Waals surface area contributed by atoms with Gasteiger partial charge in [-0.05, 0) is 60.6 Å². The molecule has 2 unspecified atom stereocenters. The number of rotatable bonds is 9. The van der Waals surface area contributed by atoms with Crippen molar-refractivity contribution in [3.8, 4) is 11.5 Å². The van der Waals surface area contributed by atoms with Gasteiger partial charge in [-0.25, -0.2) is 4.79 Å². The zero-order valence-electron chi connectivity index (χ0n) is 20.0. The van der Waals surface area contributed by atoms with Crippen LogP contribution in [-0.2, 0) is 13.0 Å². The lowest BCUT2D eigenvalue weighted by Crippen LogP contribution is -2.51. The summed E-state index contributed by atoms with van der Waals surface area (Å²) in [5.74, 6) is 1.47. The van der Waals surface area contributed by atoms with E-state index in [2.05, 4.69) is 72.7 Å². The Morgan fingerprint density at radius 1 is 1.16 bits per heavy atom. The number of aryl methyl sites for hydroxylation is 1. The van der Waals surface area contributed by atoms with Crippen LogP contribution in [-0.4, -0.2) is 44.3 Å². The normalized spacial score (nSPS) is 16.7. The first kappa shape index (κ1) is 23.9. The zero-order valence-corrected chi connectivity index (χ0v) is 20.0. The van der Waals surface area contributed by atoms with Crippen LogP contribution in [0.2, 0.25) is 0 Å². The van der Waals surface area contributed by atoms with Crippen LogP contribution in [0.5, 0.6) is 11.5 Å². The molecule has 2 aromatic rings. The molecule has 0 radical (unpaired) electrons. The van der Waals surface area contributed by atoms with E-state index < -0.39 is 0 Å². The van der Waals surface area contributed by atoms with Crippen molar-refractivity contribution in [3.05, 3.63) is 58.7 Å². The molecule has 2 amide bonds. The molecule has 174 valence electrons. The maximum Gasteiger partial charge on any atom is 0.315 e. The Labute approximate surface area is 192 Å². The van der Waals surface area contributed by atoms with Crippen LogP contribution in [0.15, 0.2) is 36.4 Å². The molecular weight excluding hydrogens is 402 g/mol. The van der Waals surface area contributed by atoms with Crippen molar-refractivity contribution in [2.24, 2.45) is 0 Å². The van der Waals surface area contributed by atoms with Crippen LogP contribution < -0.4 is 20.1 Å². The number of ether oxygens (including phenoxy) is 2. The van der Waals surface area contributed by atoms with E-state index >= 15 is 0 Å². The first-order valence-electron chi connectivity index (χ1n) is 11.6. The number of hydrogen-bond donors (Lipinski definition) is 2. The number of hydrogen-bond acceptors (Lipinski definition) is 4. The number of nitrogens with one attached hydrogen (secondary N) is 2. The second-order valence-corrected chi connectivity index (χ2v) is 8.41. The van der Waals surface area contributed by atoms with Crippen molar-refractivity contribution < 1.29 is 14.3 Å². The van der Waals surface area contributed by atoms with Gasteiger partial charge in [-0.3, -0.25) is 4.90 Å². The molecular formula is C26H37N3O3. The van der Waals surface area contributed by atoms with Gasteiger partial charge in [-0.2, -0.15) is 0 Å². The molecule has 1 heterocycles. The minimum Gasteiger partial charge on any atom is -0.493 e. The third-order valence-corrected chi connectivity index (χ3v) is 6.33. The van der Waals surface area contributed by atoms with Gasteiger partial charge in [-0.1, -0.05) is 38.1 Å². The summed E-state index contributed by atoms with van der Waals surface area (Å²) in [7, 11) is 3.34. The van der Waals surface area contributed by atoms with Crippen LogP contribution in [0.25, 0.3) is 0 Å². The lowest BCUT2D eigenvalue weighted by Gasteiger charge is -2.42. The molecule has 2 atom stereocenters. The molecule has 0 saturated heterocycles. The van der Waals surface area contributed by atoms with Crippen molar-refractivity contribution >= 4 is 6.03 Å². The van der Waals surface area contributed by atoms with Crippen LogP contribution in [0.3, 0.4) is 0 Å². The molecule has 0 saturated carbocycles. The third-order valence-electron chi connectivity index (χ3n) is 6.33. The number of amides is 2. The number of methoxy groups -OCH3 is 2. The molecule has 0 aliphatic carbocycles. The Morgan fingerprint density at radius 2 is 1.88 bits per heavy atom. The fourth-order valence-electron chi connectivity index (χ4n) is 4.55. The van der Waals surface area contributed by atoms with Gasteiger partial charge in [0.2, 0.25) is 0 Å². The molecule has 1 aliphatic rings. The fourth-order valence-corrected chi connectivity index (χ4v) is 4.55. The Bertz CT molecular complexity index is 915. The summed E-state index contributed by atoms with van der Waals surface area (Å²) in [5, 5.41) is 6.21. The maximum atomic E-state index is 12.6. The van der Waals surface area contributed by atoms with Crippen molar-refractivity contribution in [2.75, 3.05) is 27.3 Å². The molecule has 0 spiro atoms. The van der Waals surface area contributed by atoms with E-state index in [1.54, 1.807) is 14.2 Å². The lowest BCUT2D eigenvalue weighted by atomic mass is 9.86. The van der Waals surface area contributed by atoms with E-state index in [1.165, 1.54) is 22.3 Å². The summed E-state index contributed by atoms with van der Waals surface area (Å²) in [6.45, 7) is 8.76. The molecule has 3 rings (SSSR count). The van der Waals surface area contributed by atoms with Crippen LogP contribution in [0.1, 0.15) is 55.0 Å². The highest BCUT2D eigenvalue weighted by Gasteiger charge is 2.35. The molecule has 6 heteroatoms.